The van der Waals surface area contributed by atoms with Gasteiger partial charge in [-0.05, 0) is 37.4 Å². The normalized spacial score (nSPS) is 23.5. The summed E-state index contributed by atoms with van der Waals surface area (Å²) in [5, 5.41) is 9.22. The minimum absolute atomic E-state index is 0.429. The van der Waals surface area contributed by atoms with E-state index in [0.29, 0.717) is 17.5 Å². The number of benzene rings is 1. The zero-order valence-electron chi connectivity index (χ0n) is 11.8. The van der Waals surface area contributed by atoms with Gasteiger partial charge in [-0.1, -0.05) is 38.0 Å². The Morgan fingerprint density at radius 1 is 1.32 bits per heavy atom. The molecular formula is C16H23NO2. The molecule has 0 radical (unpaired) electrons. The van der Waals surface area contributed by atoms with Gasteiger partial charge in [-0.3, -0.25) is 4.90 Å². The van der Waals surface area contributed by atoms with Crippen LogP contribution < -0.4 is 0 Å². The fourth-order valence-corrected chi connectivity index (χ4v) is 3.20. The minimum atomic E-state index is -0.833. The molecule has 1 aliphatic carbocycles. The van der Waals surface area contributed by atoms with Crippen molar-refractivity contribution in [3.8, 4) is 0 Å². The van der Waals surface area contributed by atoms with Gasteiger partial charge in [-0.15, -0.1) is 0 Å². The Morgan fingerprint density at radius 3 is 2.68 bits per heavy atom. The van der Waals surface area contributed by atoms with E-state index in [4.69, 9.17) is 0 Å². The lowest BCUT2D eigenvalue weighted by Crippen LogP contribution is -2.38. The molecule has 2 rings (SSSR count). The van der Waals surface area contributed by atoms with Crippen LogP contribution in [-0.2, 0) is 6.54 Å². The first-order valence-corrected chi connectivity index (χ1v) is 7.11. The Kier molecular flexibility index (Phi) is 4.59. The molecule has 1 saturated carbocycles. The van der Waals surface area contributed by atoms with Crippen molar-refractivity contribution in [2.45, 2.75) is 45.2 Å². The maximum atomic E-state index is 11.2. The highest BCUT2D eigenvalue weighted by atomic mass is 16.4. The van der Waals surface area contributed by atoms with Crippen molar-refractivity contribution >= 4 is 5.97 Å². The number of carbonyl (C=O) groups is 1. The molecule has 1 fully saturated rings. The Morgan fingerprint density at radius 2 is 2.00 bits per heavy atom. The van der Waals surface area contributed by atoms with Crippen molar-refractivity contribution in [1.82, 2.24) is 4.90 Å². The Labute approximate surface area is 115 Å². The second kappa shape index (κ2) is 6.20. The van der Waals surface area contributed by atoms with Crippen LogP contribution in [-0.4, -0.2) is 29.1 Å². The van der Waals surface area contributed by atoms with Crippen LogP contribution in [0, 0.1) is 5.92 Å². The van der Waals surface area contributed by atoms with Gasteiger partial charge < -0.3 is 5.11 Å². The molecule has 0 spiro atoms. The number of carboxylic acids is 1. The summed E-state index contributed by atoms with van der Waals surface area (Å²) in [5.74, 6) is -0.128. The molecule has 3 heteroatoms. The monoisotopic (exact) mass is 261 g/mol. The van der Waals surface area contributed by atoms with E-state index in [-0.39, 0.29) is 0 Å². The number of rotatable bonds is 4. The number of nitrogens with zero attached hydrogens (tertiary/aromatic N) is 1. The molecule has 0 saturated heterocycles. The number of hydrogen-bond acceptors (Lipinski definition) is 2. The van der Waals surface area contributed by atoms with E-state index in [0.717, 1.165) is 12.1 Å². The highest BCUT2D eigenvalue weighted by Crippen LogP contribution is 2.28. The van der Waals surface area contributed by atoms with Gasteiger partial charge >= 0.3 is 5.97 Å². The van der Waals surface area contributed by atoms with E-state index in [2.05, 4.69) is 18.9 Å². The first-order chi connectivity index (χ1) is 9.09. The van der Waals surface area contributed by atoms with Crippen molar-refractivity contribution in [2.75, 3.05) is 7.05 Å². The largest absolute Gasteiger partial charge is 0.478 e. The third kappa shape index (κ3) is 3.35. The topological polar surface area (TPSA) is 40.5 Å². The molecule has 0 heterocycles. The first kappa shape index (κ1) is 14.1. The van der Waals surface area contributed by atoms with Crippen LogP contribution in [0.1, 0.15) is 48.5 Å². The zero-order valence-corrected chi connectivity index (χ0v) is 11.8. The molecule has 0 amide bonds. The molecule has 0 aliphatic heterocycles. The second-order valence-corrected chi connectivity index (χ2v) is 5.71. The van der Waals surface area contributed by atoms with E-state index < -0.39 is 5.97 Å². The lowest BCUT2D eigenvalue weighted by molar-refractivity contribution is 0.0692. The number of carboxylic acid groups (broad SMARTS) is 1. The Hall–Kier alpha value is -1.35. The van der Waals surface area contributed by atoms with Crippen LogP contribution in [0.2, 0.25) is 0 Å². The molecule has 0 bridgehead atoms. The van der Waals surface area contributed by atoms with Crippen molar-refractivity contribution in [3.63, 3.8) is 0 Å². The molecular weight excluding hydrogens is 238 g/mol. The number of aromatic carboxylic acids is 1. The van der Waals surface area contributed by atoms with Crippen molar-refractivity contribution in [2.24, 2.45) is 5.92 Å². The molecule has 3 nitrogen and oxygen atoms in total. The summed E-state index contributed by atoms with van der Waals surface area (Å²) in [6, 6.07) is 7.90. The third-order valence-corrected chi connectivity index (χ3v) is 4.30. The molecule has 1 aromatic rings. The fraction of sp³-hybridized carbons (Fsp3) is 0.562. The summed E-state index contributed by atoms with van der Waals surface area (Å²) < 4.78 is 0. The van der Waals surface area contributed by atoms with Gasteiger partial charge in [0.25, 0.3) is 0 Å². The van der Waals surface area contributed by atoms with Crippen molar-refractivity contribution in [1.29, 1.82) is 0 Å². The predicted molar refractivity (Wildman–Crippen MR) is 76.3 cm³/mol. The summed E-state index contributed by atoms with van der Waals surface area (Å²) in [5.41, 5.74) is 1.34. The molecule has 1 aliphatic rings. The van der Waals surface area contributed by atoms with E-state index in [1.807, 2.05) is 12.1 Å². The van der Waals surface area contributed by atoms with Gasteiger partial charge in [0, 0.05) is 12.6 Å². The van der Waals surface area contributed by atoms with Gasteiger partial charge in [-0.2, -0.15) is 0 Å². The average Bonchev–Trinajstić information content (AvgIpc) is 2.39. The summed E-state index contributed by atoms with van der Waals surface area (Å²) in [4.78, 5) is 13.6. The molecule has 0 aromatic heterocycles. The smallest absolute Gasteiger partial charge is 0.336 e. The summed E-state index contributed by atoms with van der Waals surface area (Å²) >= 11 is 0. The van der Waals surface area contributed by atoms with Crippen LogP contribution in [0.25, 0.3) is 0 Å². The third-order valence-electron chi connectivity index (χ3n) is 4.30. The van der Waals surface area contributed by atoms with Crippen LogP contribution in [0.3, 0.4) is 0 Å². The van der Waals surface area contributed by atoms with Gasteiger partial charge in [0.15, 0.2) is 0 Å². The Balaban J connectivity index is 2.10. The molecule has 104 valence electrons. The molecule has 19 heavy (non-hydrogen) atoms. The van der Waals surface area contributed by atoms with Crippen LogP contribution in [0.4, 0.5) is 0 Å². The standard InChI is InChI=1S/C16H23NO2/c1-12-7-3-6-10-15(12)17(2)11-13-8-4-5-9-14(13)16(18)19/h4-5,8-9,12,15H,3,6-7,10-11H2,1-2H3,(H,18,19). The van der Waals surface area contributed by atoms with Crippen LogP contribution in [0.15, 0.2) is 24.3 Å². The molecule has 1 N–H and O–H groups in total. The second-order valence-electron chi connectivity index (χ2n) is 5.71. The predicted octanol–water partition coefficient (Wildman–Crippen LogP) is 3.40. The van der Waals surface area contributed by atoms with Crippen molar-refractivity contribution < 1.29 is 9.90 Å². The highest BCUT2D eigenvalue weighted by Gasteiger charge is 2.25. The van der Waals surface area contributed by atoms with E-state index >= 15 is 0 Å². The van der Waals surface area contributed by atoms with E-state index in [9.17, 15) is 9.90 Å². The SMILES string of the molecule is CC1CCCCC1N(C)Cc1ccccc1C(=O)O. The van der Waals surface area contributed by atoms with Gasteiger partial charge in [-0.25, -0.2) is 4.79 Å². The van der Waals surface area contributed by atoms with Crippen molar-refractivity contribution in [3.05, 3.63) is 35.4 Å². The molecule has 1 aromatic carbocycles. The summed E-state index contributed by atoms with van der Waals surface area (Å²) in [6.45, 7) is 3.03. The lowest BCUT2D eigenvalue weighted by atomic mass is 9.85. The van der Waals surface area contributed by atoms with Crippen LogP contribution >= 0.6 is 0 Å². The Bertz CT molecular complexity index is 444. The first-order valence-electron chi connectivity index (χ1n) is 7.11. The average molecular weight is 261 g/mol. The van der Waals surface area contributed by atoms with Gasteiger partial charge in [0.2, 0.25) is 0 Å². The van der Waals surface area contributed by atoms with E-state index in [1.54, 1.807) is 12.1 Å². The highest BCUT2D eigenvalue weighted by molar-refractivity contribution is 5.89. The number of hydrogen-bond donors (Lipinski definition) is 1. The zero-order chi connectivity index (χ0) is 13.8. The van der Waals surface area contributed by atoms with Crippen LogP contribution in [0.5, 0.6) is 0 Å². The molecule has 2 unspecified atom stereocenters. The lowest BCUT2D eigenvalue weighted by Gasteiger charge is -2.36. The fourth-order valence-electron chi connectivity index (χ4n) is 3.20. The van der Waals surface area contributed by atoms with Gasteiger partial charge in [0.1, 0.15) is 0 Å². The summed E-state index contributed by atoms with van der Waals surface area (Å²) in [6.07, 6.45) is 5.14. The quantitative estimate of drug-likeness (QED) is 0.903. The molecule has 2 atom stereocenters. The van der Waals surface area contributed by atoms with Gasteiger partial charge in [0.05, 0.1) is 5.56 Å². The maximum absolute atomic E-state index is 11.2. The maximum Gasteiger partial charge on any atom is 0.336 e. The minimum Gasteiger partial charge on any atom is -0.478 e. The van der Waals surface area contributed by atoms with E-state index in [1.165, 1.54) is 25.7 Å². The summed E-state index contributed by atoms with van der Waals surface area (Å²) in [7, 11) is 2.12.